The first-order chi connectivity index (χ1) is 17.3. The van der Waals surface area contributed by atoms with Crippen LogP contribution in [0.3, 0.4) is 0 Å². The molecule has 0 bridgehead atoms. The zero-order chi connectivity index (χ0) is 27.4. The summed E-state index contributed by atoms with van der Waals surface area (Å²) in [7, 11) is 0. The molecule has 0 aliphatic carbocycles. The molecule has 0 saturated carbocycles. The third-order valence-corrected chi connectivity index (χ3v) is 6.17. The predicted molar refractivity (Wildman–Crippen MR) is 140 cm³/mol. The van der Waals surface area contributed by atoms with E-state index >= 15 is 0 Å². The van der Waals surface area contributed by atoms with Crippen LogP contribution in [0, 0.1) is 11.3 Å². The van der Waals surface area contributed by atoms with Crippen molar-refractivity contribution in [1.82, 2.24) is 14.8 Å². The molecule has 0 radical (unpaired) electrons. The van der Waals surface area contributed by atoms with Gasteiger partial charge in [0.05, 0.1) is 12.1 Å². The van der Waals surface area contributed by atoms with Gasteiger partial charge in [-0.2, -0.15) is 13.2 Å². The fraction of sp³-hybridized carbons (Fsp3) is 0.448. The van der Waals surface area contributed by atoms with Gasteiger partial charge in [-0.25, -0.2) is 0 Å². The Morgan fingerprint density at radius 1 is 0.946 bits per heavy atom. The minimum atomic E-state index is -4.42. The molecular weight excluding hydrogens is 479 g/mol. The number of benzene rings is 2. The number of amides is 2. The maximum Gasteiger partial charge on any atom is 0.416 e. The van der Waals surface area contributed by atoms with E-state index < -0.39 is 17.2 Å². The molecule has 0 aliphatic rings. The van der Waals surface area contributed by atoms with E-state index in [1.807, 2.05) is 65.1 Å². The molecule has 1 heterocycles. The smallest absolute Gasteiger partial charge is 0.361 e. The molecule has 0 atom stereocenters. The number of hydrogen-bond acceptors (Lipinski definition) is 2. The summed E-state index contributed by atoms with van der Waals surface area (Å²) in [4.78, 5) is 33.1. The van der Waals surface area contributed by atoms with E-state index in [1.54, 1.807) is 9.80 Å². The molecular formula is C29H36F3N3O2. The third kappa shape index (κ3) is 7.60. The van der Waals surface area contributed by atoms with Gasteiger partial charge in [0.2, 0.25) is 11.8 Å². The van der Waals surface area contributed by atoms with Crippen molar-refractivity contribution in [3.8, 4) is 0 Å². The molecule has 0 saturated heterocycles. The van der Waals surface area contributed by atoms with Crippen molar-refractivity contribution in [1.29, 1.82) is 0 Å². The van der Waals surface area contributed by atoms with Gasteiger partial charge in [-0.15, -0.1) is 0 Å². The third-order valence-electron chi connectivity index (χ3n) is 6.17. The average molecular weight is 516 g/mol. The summed E-state index contributed by atoms with van der Waals surface area (Å²) < 4.78 is 39.1. The number of H-pyrrole nitrogens is 1. The van der Waals surface area contributed by atoms with Gasteiger partial charge in [-0.05, 0) is 41.7 Å². The average Bonchev–Trinajstić information content (AvgIpc) is 3.22. The van der Waals surface area contributed by atoms with E-state index in [0.29, 0.717) is 25.1 Å². The monoisotopic (exact) mass is 515 g/mol. The molecule has 1 aromatic heterocycles. The highest BCUT2D eigenvalue weighted by Gasteiger charge is 2.31. The van der Waals surface area contributed by atoms with Crippen molar-refractivity contribution in [2.75, 3.05) is 19.6 Å². The first-order valence-electron chi connectivity index (χ1n) is 12.5. The van der Waals surface area contributed by atoms with E-state index in [-0.39, 0.29) is 30.8 Å². The first-order valence-corrected chi connectivity index (χ1v) is 12.5. The Kier molecular flexibility index (Phi) is 8.72. The number of para-hydroxylation sites is 1. The van der Waals surface area contributed by atoms with Crippen LogP contribution in [0.2, 0.25) is 0 Å². The molecule has 2 aromatic carbocycles. The van der Waals surface area contributed by atoms with Gasteiger partial charge in [0, 0.05) is 42.1 Å². The van der Waals surface area contributed by atoms with Crippen molar-refractivity contribution in [3.63, 3.8) is 0 Å². The minimum absolute atomic E-state index is 0.0806. The lowest BCUT2D eigenvalue weighted by Crippen LogP contribution is -2.48. The fourth-order valence-corrected chi connectivity index (χ4v) is 4.30. The van der Waals surface area contributed by atoms with E-state index in [9.17, 15) is 22.8 Å². The van der Waals surface area contributed by atoms with Gasteiger partial charge >= 0.3 is 6.18 Å². The van der Waals surface area contributed by atoms with Crippen LogP contribution < -0.4 is 0 Å². The normalized spacial score (nSPS) is 12.2. The van der Waals surface area contributed by atoms with E-state index in [4.69, 9.17) is 0 Å². The highest BCUT2D eigenvalue weighted by Crippen LogP contribution is 2.29. The van der Waals surface area contributed by atoms with Gasteiger partial charge in [-0.3, -0.25) is 9.59 Å². The molecule has 8 heteroatoms. The van der Waals surface area contributed by atoms with Gasteiger partial charge in [0.15, 0.2) is 0 Å². The van der Waals surface area contributed by atoms with E-state index in [0.717, 1.165) is 28.6 Å². The molecule has 200 valence electrons. The topological polar surface area (TPSA) is 56.4 Å². The summed E-state index contributed by atoms with van der Waals surface area (Å²) in [5, 5.41) is 1.06. The maximum atomic E-state index is 13.6. The van der Waals surface area contributed by atoms with Crippen molar-refractivity contribution >= 4 is 22.7 Å². The van der Waals surface area contributed by atoms with Crippen molar-refractivity contribution in [2.24, 2.45) is 11.3 Å². The quantitative estimate of drug-likeness (QED) is 0.364. The lowest BCUT2D eigenvalue weighted by Gasteiger charge is -2.32. The van der Waals surface area contributed by atoms with Crippen molar-refractivity contribution in [3.05, 3.63) is 71.4 Å². The number of nitrogens with zero attached hydrogens (tertiary/aromatic N) is 2. The van der Waals surface area contributed by atoms with Crippen LogP contribution in [0.25, 0.3) is 10.9 Å². The van der Waals surface area contributed by atoms with Crippen LogP contribution in [0.15, 0.2) is 54.7 Å². The number of fused-ring (bicyclic) bond motifs is 1. The fourth-order valence-electron chi connectivity index (χ4n) is 4.30. The van der Waals surface area contributed by atoms with Gasteiger partial charge in [0.25, 0.3) is 0 Å². The SMILES string of the molecule is CC(C)CN(CC(=O)N(CCc1c[nH]c2ccccc12)Cc1ccc(C(F)(F)F)cc1)C(=O)C(C)(C)C. The molecule has 2 amide bonds. The molecule has 37 heavy (non-hydrogen) atoms. The van der Waals surface area contributed by atoms with Gasteiger partial charge in [-0.1, -0.05) is 65.0 Å². The minimum Gasteiger partial charge on any atom is -0.361 e. The van der Waals surface area contributed by atoms with Crippen LogP contribution in [-0.2, 0) is 28.7 Å². The summed E-state index contributed by atoms with van der Waals surface area (Å²) in [5.41, 5.74) is 1.27. The van der Waals surface area contributed by atoms with Crippen molar-refractivity contribution < 1.29 is 22.8 Å². The highest BCUT2D eigenvalue weighted by atomic mass is 19.4. The summed E-state index contributed by atoms with van der Waals surface area (Å²) in [6.45, 7) is 10.3. The molecule has 3 rings (SSSR count). The molecule has 0 aliphatic heterocycles. The Bertz CT molecular complexity index is 1210. The summed E-state index contributed by atoms with van der Waals surface area (Å²) >= 11 is 0. The van der Waals surface area contributed by atoms with Crippen LogP contribution in [0.1, 0.15) is 51.3 Å². The Morgan fingerprint density at radius 2 is 1.59 bits per heavy atom. The second-order valence-corrected chi connectivity index (χ2v) is 10.9. The Labute approximate surface area is 216 Å². The number of rotatable bonds is 9. The molecule has 0 fully saturated rings. The van der Waals surface area contributed by atoms with Crippen LogP contribution in [0.4, 0.5) is 13.2 Å². The molecule has 1 N–H and O–H groups in total. The Balaban J connectivity index is 1.84. The van der Waals surface area contributed by atoms with E-state index in [1.165, 1.54) is 12.1 Å². The predicted octanol–water partition coefficient (Wildman–Crippen LogP) is 6.29. The first kappa shape index (κ1) is 28.3. The van der Waals surface area contributed by atoms with Crippen LogP contribution in [-0.4, -0.2) is 46.2 Å². The van der Waals surface area contributed by atoms with E-state index in [2.05, 4.69) is 4.98 Å². The van der Waals surface area contributed by atoms with Gasteiger partial charge < -0.3 is 14.8 Å². The summed E-state index contributed by atoms with van der Waals surface area (Å²) in [5.74, 6) is -0.174. The molecule has 3 aromatic rings. The number of aromatic nitrogens is 1. The number of halogens is 3. The number of alkyl halides is 3. The standard InChI is InChI=1S/C29H36F3N3O2/c1-20(2)17-35(27(37)28(3,4)5)19-26(36)34(18-21-10-12-23(13-11-21)29(30,31)32)15-14-22-16-33-25-9-7-6-8-24(22)25/h6-13,16,20,33H,14-15,17-19H2,1-5H3. The largest absolute Gasteiger partial charge is 0.416 e. The second kappa shape index (κ2) is 11.4. The van der Waals surface area contributed by atoms with Gasteiger partial charge in [0.1, 0.15) is 0 Å². The molecule has 5 nitrogen and oxygen atoms in total. The Morgan fingerprint density at radius 3 is 2.19 bits per heavy atom. The zero-order valence-corrected chi connectivity index (χ0v) is 22.2. The number of carbonyl (C=O) groups is 2. The lowest BCUT2D eigenvalue weighted by atomic mass is 9.94. The molecule has 0 spiro atoms. The highest BCUT2D eigenvalue weighted by molar-refractivity contribution is 5.87. The van der Waals surface area contributed by atoms with Crippen LogP contribution in [0.5, 0.6) is 0 Å². The summed E-state index contributed by atoms with van der Waals surface area (Å²) in [6, 6.07) is 12.8. The zero-order valence-electron chi connectivity index (χ0n) is 22.2. The number of aromatic amines is 1. The van der Waals surface area contributed by atoms with Crippen LogP contribution >= 0.6 is 0 Å². The molecule has 0 unspecified atom stereocenters. The number of carbonyl (C=O) groups excluding carboxylic acids is 2. The van der Waals surface area contributed by atoms with Crippen molar-refractivity contribution in [2.45, 2.75) is 53.8 Å². The maximum absolute atomic E-state index is 13.6. The summed E-state index contributed by atoms with van der Waals surface area (Å²) in [6.07, 6.45) is -1.94. The Hall–Kier alpha value is -3.29. The number of nitrogens with one attached hydrogen (secondary N) is 1. The lowest BCUT2D eigenvalue weighted by molar-refractivity contribution is -0.146. The number of hydrogen-bond donors (Lipinski definition) is 1. The second-order valence-electron chi connectivity index (χ2n) is 10.9.